The highest BCUT2D eigenvalue weighted by Crippen LogP contribution is 2.19. The third-order valence-corrected chi connectivity index (χ3v) is 5.79. The third-order valence-electron chi connectivity index (χ3n) is 5.79. The number of benzene rings is 1. The molecule has 1 heterocycles. The summed E-state index contributed by atoms with van der Waals surface area (Å²) in [5.74, 6) is -7.67. The number of aliphatic carboxylic acids is 2. The van der Waals surface area contributed by atoms with E-state index in [0.29, 0.717) is 5.56 Å². The van der Waals surface area contributed by atoms with E-state index in [4.69, 9.17) is 22.3 Å². The van der Waals surface area contributed by atoms with E-state index in [-0.39, 0.29) is 6.42 Å². The number of aromatic nitrogens is 1. The van der Waals surface area contributed by atoms with Crippen LogP contribution >= 0.6 is 0 Å². The van der Waals surface area contributed by atoms with Gasteiger partial charge in [-0.25, -0.2) is 4.79 Å². The summed E-state index contributed by atoms with van der Waals surface area (Å²) < 4.78 is 0. The molecule has 2 aromatic rings. The minimum atomic E-state index is -1.73. The molecule has 1 aromatic heterocycles. The molecular weight excluding hydrogens is 530 g/mol. The number of carbonyl (C=O) groups excluding carboxylic acids is 5. The number of carbonyl (C=O) groups is 7. The van der Waals surface area contributed by atoms with E-state index in [0.717, 1.165) is 10.9 Å². The van der Waals surface area contributed by atoms with Gasteiger partial charge < -0.3 is 48.3 Å². The molecule has 0 spiro atoms. The van der Waals surface area contributed by atoms with Crippen LogP contribution in [0.1, 0.15) is 31.2 Å². The molecule has 0 aliphatic rings. The van der Waals surface area contributed by atoms with E-state index in [1.165, 1.54) is 0 Å². The molecule has 0 bridgehead atoms. The van der Waals surface area contributed by atoms with Gasteiger partial charge in [0.05, 0.1) is 18.9 Å². The number of primary amides is 2. The van der Waals surface area contributed by atoms with Crippen LogP contribution in [0.2, 0.25) is 0 Å². The summed E-state index contributed by atoms with van der Waals surface area (Å²) in [6.45, 7) is 0. The Morgan fingerprint density at radius 1 is 0.800 bits per heavy atom. The van der Waals surface area contributed by atoms with E-state index in [1.54, 1.807) is 30.5 Å². The molecule has 5 amide bonds. The Balaban J connectivity index is 2.33. The van der Waals surface area contributed by atoms with E-state index in [9.17, 15) is 38.7 Å². The Bertz CT molecular complexity index is 1290. The Labute approximate surface area is 227 Å². The number of carboxylic acids is 2. The topological polar surface area (TPSA) is 290 Å². The molecule has 4 atom stereocenters. The lowest BCUT2D eigenvalue weighted by Crippen LogP contribution is -2.58. The molecule has 0 radical (unpaired) electrons. The minimum absolute atomic E-state index is 0.114. The number of nitrogens with two attached hydrogens (primary N) is 3. The number of aromatic amines is 1. The SMILES string of the molecule is NC(=O)CC(N)C(=O)NC(Cc1c[nH]c2ccccc12)C(=O)NC(CCC(=O)O)C(=O)NC(CC(N)=O)C(=O)O. The summed E-state index contributed by atoms with van der Waals surface area (Å²) >= 11 is 0. The van der Waals surface area contributed by atoms with Crippen molar-refractivity contribution < 1.29 is 43.8 Å². The molecular formula is C24H31N7O9. The van der Waals surface area contributed by atoms with Crippen molar-refractivity contribution in [1.82, 2.24) is 20.9 Å². The fourth-order valence-electron chi connectivity index (χ4n) is 3.80. The van der Waals surface area contributed by atoms with Crippen LogP contribution in [0.4, 0.5) is 0 Å². The van der Waals surface area contributed by atoms with Crippen molar-refractivity contribution in [2.24, 2.45) is 17.2 Å². The predicted octanol–water partition coefficient (Wildman–Crippen LogP) is -2.81. The summed E-state index contributed by atoms with van der Waals surface area (Å²) in [5, 5.41) is 25.9. The maximum absolute atomic E-state index is 13.4. The highest BCUT2D eigenvalue weighted by atomic mass is 16.4. The molecule has 0 saturated heterocycles. The van der Waals surface area contributed by atoms with Crippen molar-refractivity contribution in [1.29, 1.82) is 0 Å². The number of amides is 5. The van der Waals surface area contributed by atoms with Crippen LogP contribution < -0.4 is 33.2 Å². The second kappa shape index (κ2) is 14.2. The zero-order chi connectivity index (χ0) is 30.0. The molecule has 0 saturated carbocycles. The molecule has 216 valence electrons. The zero-order valence-corrected chi connectivity index (χ0v) is 21.2. The predicted molar refractivity (Wildman–Crippen MR) is 138 cm³/mol. The van der Waals surface area contributed by atoms with Gasteiger partial charge in [-0.3, -0.25) is 28.8 Å². The fraction of sp³-hybridized carbons (Fsp3) is 0.375. The lowest BCUT2D eigenvalue weighted by atomic mass is 10.0. The summed E-state index contributed by atoms with van der Waals surface area (Å²) in [6.07, 6.45) is -0.807. The number of carboxylic acid groups (broad SMARTS) is 2. The van der Waals surface area contributed by atoms with Gasteiger partial charge in [0.25, 0.3) is 0 Å². The second-order valence-corrected chi connectivity index (χ2v) is 8.97. The monoisotopic (exact) mass is 561 g/mol. The number of rotatable bonds is 16. The quantitative estimate of drug-likeness (QED) is 0.101. The van der Waals surface area contributed by atoms with Crippen molar-refractivity contribution in [3.05, 3.63) is 36.0 Å². The molecule has 16 heteroatoms. The Hall–Kier alpha value is -4.99. The van der Waals surface area contributed by atoms with E-state index < -0.39 is 91.3 Å². The third kappa shape index (κ3) is 9.39. The van der Waals surface area contributed by atoms with Gasteiger partial charge in [0.15, 0.2) is 0 Å². The Morgan fingerprint density at radius 3 is 1.98 bits per heavy atom. The molecule has 12 N–H and O–H groups in total. The number of para-hydroxylation sites is 1. The van der Waals surface area contributed by atoms with Crippen molar-refractivity contribution in [3.8, 4) is 0 Å². The number of hydrogen-bond acceptors (Lipinski definition) is 8. The van der Waals surface area contributed by atoms with E-state index in [2.05, 4.69) is 20.9 Å². The van der Waals surface area contributed by atoms with Gasteiger partial charge in [-0.05, 0) is 18.1 Å². The maximum atomic E-state index is 13.4. The van der Waals surface area contributed by atoms with Crippen LogP contribution in [0.3, 0.4) is 0 Å². The van der Waals surface area contributed by atoms with E-state index >= 15 is 0 Å². The van der Waals surface area contributed by atoms with Gasteiger partial charge in [-0.15, -0.1) is 0 Å². The van der Waals surface area contributed by atoms with Gasteiger partial charge in [-0.1, -0.05) is 18.2 Å². The minimum Gasteiger partial charge on any atom is -0.481 e. The molecule has 0 aliphatic carbocycles. The first-order valence-corrected chi connectivity index (χ1v) is 12.0. The largest absolute Gasteiger partial charge is 0.481 e. The highest BCUT2D eigenvalue weighted by molar-refractivity contribution is 5.96. The van der Waals surface area contributed by atoms with Crippen LogP contribution in [0.15, 0.2) is 30.5 Å². The molecule has 0 fully saturated rings. The molecule has 1 aromatic carbocycles. The number of fused-ring (bicyclic) bond motifs is 1. The average Bonchev–Trinajstić information content (AvgIpc) is 3.27. The fourth-order valence-corrected chi connectivity index (χ4v) is 3.80. The Kier molecular flexibility index (Phi) is 11.1. The van der Waals surface area contributed by atoms with Gasteiger partial charge in [0, 0.05) is 29.9 Å². The average molecular weight is 562 g/mol. The zero-order valence-electron chi connectivity index (χ0n) is 21.2. The first-order chi connectivity index (χ1) is 18.8. The maximum Gasteiger partial charge on any atom is 0.326 e. The van der Waals surface area contributed by atoms with Crippen LogP contribution in [0.5, 0.6) is 0 Å². The summed E-state index contributed by atoms with van der Waals surface area (Å²) in [5.41, 5.74) is 17.2. The first-order valence-electron chi connectivity index (χ1n) is 12.0. The van der Waals surface area contributed by atoms with Crippen LogP contribution in [0.25, 0.3) is 10.9 Å². The number of nitrogens with one attached hydrogen (secondary N) is 4. The molecule has 16 nitrogen and oxygen atoms in total. The van der Waals surface area contributed by atoms with Gasteiger partial charge in [0.2, 0.25) is 29.5 Å². The Morgan fingerprint density at radius 2 is 1.38 bits per heavy atom. The lowest BCUT2D eigenvalue weighted by Gasteiger charge is -2.25. The summed E-state index contributed by atoms with van der Waals surface area (Å²) in [7, 11) is 0. The van der Waals surface area contributed by atoms with Crippen molar-refractivity contribution in [3.63, 3.8) is 0 Å². The first kappa shape index (κ1) is 31.2. The smallest absolute Gasteiger partial charge is 0.326 e. The van der Waals surface area contributed by atoms with Gasteiger partial charge in [-0.2, -0.15) is 0 Å². The molecule has 4 unspecified atom stereocenters. The van der Waals surface area contributed by atoms with Gasteiger partial charge in [0.1, 0.15) is 18.1 Å². The van der Waals surface area contributed by atoms with Crippen molar-refractivity contribution in [2.75, 3.05) is 0 Å². The van der Waals surface area contributed by atoms with Crippen LogP contribution in [-0.4, -0.2) is 80.8 Å². The lowest BCUT2D eigenvalue weighted by molar-refractivity contribution is -0.144. The standard InChI is InChI=1S/C24H31N7O9/c25-13(8-18(26)32)21(36)30-16(7-11-10-28-14-4-2-1-3-12(11)14)23(38)29-15(5-6-20(34)35)22(37)31-17(24(39)40)9-19(27)33/h1-4,10,13,15-17,28H,5-9,25H2,(H2,26,32)(H2,27,33)(H,29,38)(H,30,36)(H,31,37)(H,34,35)(H,39,40). The van der Waals surface area contributed by atoms with Crippen LogP contribution in [-0.2, 0) is 40.0 Å². The van der Waals surface area contributed by atoms with Crippen LogP contribution in [0, 0.1) is 0 Å². The normalized spacial score (nSPS) is 13.8. The molecule has 2 rings (SSSR count). The second-order valence-electron chi connectivity index (χ2n) is 8.97. The number of H-pyrrole nitrogens is 1. The summed E-state index contributed by atoms with van der Waals surface area (Å²) in [4.78, 5) is 86.9. The highest BCUT2D eigenvalue weighted by Gasteiger charge is 2.32. The summed E-state index contributed by atoms with van der Waals surface area (Å²) in [6, 6.07) is 1.04. The van der Waals surface area contributed by atoms with Crippen molar-refractivity contribution in [2.45, 2.75) is 56.3 Å². The van der Waals surface area contributed by atoms with Crippen molar-refractivity contribution >= 4 is 52.4 Å². The molecule has 0 aliphatic heterocycles. The number of hydrogen-bond donors (Lipinski definition) is 9. The van der Waals surface area contributed by atoms with E-state index in [1.807, 2.05) is 0 Å². The molecule has 40 heavy (non-hydrogen) atoms. The van der Waals surface area contributed by atoms with Gasteiger partial charge >= 0.3 is 11.9 Å².